The van der Waals surface area contributed by atoms with Gasteiger partial charge in [0.05, 0.1) is 4.75 Å². The van der Waals surface area contributed by atoms with Crippen LogP contribution in [0.3, 0.4) is 0 Å². The van der Waals surface area contributed by atoms with Gasteiger partial charge < -0.3 is 0 Å². The molecule has 1 saturated heterocycles. The average Bonchev–Trinajstić information content (AvgIpc) is 2.94. The van der Waals surface area contributed by atoms with Crippen LogP contribution in [0.5, 0.6) is 0 Å². The zero-order valence-electron chi connectivity index (χ0n) is 12.6. The van der Waals surface area contributed by atoms with Crippen LogP contribution in [0.25, 0.3) is 10.8 Å². The van der Waals surface area contributed by atoms with Crippen molar-refractivity contribution in [1.82, 2.24) is 0 Å². The van der Waals surface area contributed by atoms with E-state index in [0.717, 1.165) is 35.1 Å². The Bertz CT molecular complexity index is 736. The van der Waals surface area contributed by atoms with Crippen molar-refractivity contribution in [3.63, 3.8) is 0 Å². The molecule has 1 heterocycles. The van der Waals surface area contributed by atoms with Gasteiger partial charge in [-0.25, -0.2) is 0 Å². The summed E-state index contributed by atoms with van der Waals surface area (Å²) in [5, 5.41) is 2.18. The lowest BCUT2D eigenvalue weighted by Crippen LogP contribution is -2.46. The van der Waals surface area contributed by atoms with Gasteiger partial charge in [0.2, 0.25) is 0 Å². The van der Waals surface area contributed by atoms with E-state index < -0.39 is 14.7 Å². The fourth-order valence-electron chi connectivity index (χ4n) is 3.27. The molecule has 1 aliphatic rings. The van der Waals surface area contributed by atoms with Crippen molar-refractivity contribution >= 4 is 26.5 Å². The smallest absolute Gasteiger partial charge is 0.178 e. The first-order chi connectivity index (χ1) is 9.94. The minimum absolute atomic E-state index is 0.0264. The SMILES string of the molecule is CC(C)(C(=O)c1ccc2ccccc2c1)[SH]1(=O)CCCC1. The van der Waals surface area contributed by atoms with E-state index in [1.807, 2.05) is 56.3 Å². The number of benzene rings is 2. The van der Waals surface area contributed by atoms with Gasteiger partial charge in [-0.1, -0.05) is 46.3 Å². The monoisotopic (exact) mass is 302 g/mol. The van der Waals surface area contributed by atoms with E-state index in [9.17, 15) is 9.00 Å². The molecule has 2 aromatic carbocycles. The lowest BCUT2D eigenvalue weighted by Gasteiger charge is -2.35. The number of carbonyl (C=O) groups is 1. The molecule has 3 heteroatoms. The molecular formula is C18H22O2S. The van der Waals surface area contributed by atoms with Crippen LogP contribution in [0.1, 0.15) is 37.0 Å². The normalized spacial score (nSPS) is 19.5. The number of thiol groups is 1. The molecule has 0 saturated carbocycles. The van der Waals surface area contributed by atoms with Gasteiger partial charge in [0.25, 0.3) is 0 Å². The predicted octanol–water partition coefficient (Wildman–Crippen LogP) is 3.61. The van der Waals surface area contributed by atoms with Crippen LogP contribution in [0.2, 0.25) is 0 Å². The number of Topliss-reactive ketones (excluding diaryl/α,β-unsaturated/α-hetero) is 1. The Morgan fingerprint density at radius 2 is 1.62 bits per heavy atom. The summed E-state index contributed by atoms with van der Waals surface area (Å²) in [7, 11) is -2.40. The fourth-order valence-corrected chi connectivity index (χ4v) is 6.58. The standard InChI is InChI=1S/C18H22O2S/c1-18(2,21(20)11-5-6-12-21)17(19)16-10-9-14-7-3-4-8-15(14)13-16/h3-4,7-10,13,21H,5-6,11-12H2,1-2H3. The van der Waals surface area contributed by atoms with Crippen molar-refractivity contribution in [2.45, 2.75) is 31.4 Å². The minimum Gasteiger partial charge on any atom is -0.293 e. The zero-order valence-corrected chi connectivity index (χ0v) is 13.5. The topological polar surface area (TPSA) is 34.1 Å². The molecule has 0 radical (unpaired) electrons. The summed E-state index contributed by atoms with van der Waals surface area (Å²) in [4.78, 5) is 12.9. The van der Waals surface area contributed by atoms with E-state index in [1.54, 1.807) is 0 Å². The highest BCUT2D eigenvalue weighted by molar-refractivity contribution is 8.05. The summed E-state index contributed by atoms with van der Waals surface area (Å²) in [5.41, 5.74) is 0.681. The summed E-state index contributed by atoms with van der Waals surface area (Å²) < 4.78 is 12.3. The molecule has 0 amide bonds. The van der Waals surface area contributed by atoms with Crippen LogP contribution in [0.4, 0.5) is 0 Å². The average molecular weight is 302 g/mol. The second-order valence-corrected chi connectivity index (χ2v) is 10.3. The van der Waals surface area contributed by atoms with Crippen molar-refractivity contribution in [3.05, 3.63) is 48.0 Å². The number of hydrogen-bond acceptors (Lipinski definition) is 2. The molecule has 0 atom stereocenters. The molecule has 1 fully saturated rings. The molecule has 0 aromatic heterocycles. The van der Waals surface area contributed by atoms with Gasteiger partial charge in [0.15, 0.2) is 5.78 Å². The van der Waals surface area contributed by atoms with Crippen molar-refractivity contribution < 1.29 is 9.00 Å². The largest absolute Gasteiger partial charge is 0.293 e. The maximum absolute atomic E-state index is 13.1. The van der Waals surface area contributed by atoms with Crippen LogP contribution in [0, 0.1) is 0 Å². The highest BCUT2D eigenvalue weighted by atomic mass is 32.2. The van der Waals surface area contributed by atoms with E-state index in [2.05, 4.69) is 0 Å². The fraction of sp³-hybridized carbons (Fsp3) is 0.389. The summed E-state index contributed by atoms with van der Waals surface area (Å²) >= 11 is 0. The summed E-state index contributed by atoms with van der Waals surface area (Å²) in [6.07, 6.45) is 1.98. The Kier molecular flexibility index (Phi) is 3.48. The second kappa shape index (κ2) is 5.06. The third-order valence-corrected chi connectivity index (χ3v) is 9.19. The molecular weight excluding hydrogens is 280 g/mol. The third kappa shape index (κ3) is 2.34. The van der Waals surface area contributed by atoms with Gasteiger partial charge in [0.1, 0.15) is 0 Å². The van der Waals surface area contributed by atoms with Gasteiger partial charge in [-0.05, 0) is 43.5 Å². The van der Waals surface area contributed by atoms with Gasteiger partial charge in [-0.2, -0.15) is 0 Å². The molecule has 0 N–H and O–H groups in total. The number of carbonyl (C=O) groups excluding carboxylic acids is 1. The van der Waals surface area contributed by atoms with Crippen molar-refractivity contribution in [2.24, 2.45) is 0 Å². The number of fused-ring (bicyclic) bond motifs is 1. The van der Waals surface area contributed by atoms with E-state index in [4.69, 9.17) is 0 Å². The molecule has 1 aliphatic heterocycles. The molecule has 2 aromatic rings. The Hall–Kier alpha value is -1.48. The lowest BCUT2D eigenvalue weighted by atomic mass is 9.97. The van der Waals surface area contributed by atoms with Crippen LogP contribution in [0.15, 0.2) is 42.5 Å². The molecule has 0 unspecified atom stereocenters. The number of hydrogen-bond donors (Lipinski definition) is 1. The van der Waals surface area contributed by atoms with Crippen molar-refractivity contribution in [2.75, 3.05) is 11.5 Å². The first-order valence-corrected chi connectivity index (χ1v) is 9.64. The van der Waals surface area contributed by atoms with Gasteiger partial charge in [0, 0.05) is 17.1 Å². The van der Waals surface area contributed by atoms with Gasteiger partial charge >= 0.3 is 0 Å². The predicted molar refractivity (Wildman–Crippen MR) is 90.9 cm³/mol. The maximum Gasteiger partial charge on any atom is 0.178 e. The Morgan fingerprint density at radius 1 is 1.00 bits per heavy atom. The summed E-state index contributed by atoms with van der Waals surface area (Å²) in [6, 6.07) is 13.8. The molecule has 112 valence electrons. The number of rotatable bonds is 3. The Labute approximate surface area is 127 Å². The lowest BCUT2D eigenvalue weighted by molar-refractivity contribution is 0.0955. The van der Waals surface area contributed by atoms with E-state index in [-0.39, 0.29) is 5.78 Å². The molecule has 3 rings (SSSR count). The van der Waals surface area contributed by atoms with E-state index in [0.29, 0.717) is 5.56 Å². The molecule has 0 aliphatic carbocycles. The third-order valence-electron chi connectivity index (χ3n) is 4.87. The van der Waals surface area contributed by atoms with Crippen molar-refractivity contribution in [3.8, 4) is 0 Å². The van der Waals surface area contributed by atoms with Crippen LogP contribution < -0.4 is 0 Å². The summed E-state index contributed by atoms with van der Waals surface area (Å²) in [5.74, 6) is 1.47. The van der Waals surface area contributed by atoms with Crippen LogP contribution in [-0.4, -0.2) is 26.2 Å². The van der Waals surface area contributed by atoms with E-state index >= 15 is 0 Å². The van der Waals surface area contributed by atoms with Crippen LogP contribution >= 0.6 is 0 Å². The first-order valence-electron chi connectivity index (χ1n) is 7.56. The Morgan fingerprint density at radius 3 is 2.29 bits per heavy atom. The molecule has 21 heavy (non-hydrogen) atoms. The van der Waals surface area contributed by atoms with Gasteiger partial charge in [-0.3, -0.25) is 9.00 Å². The quantitative estimate of drug-likeness (QED) is 0.694. The molecule has 2 nitrogen and oxygen atoms in total. The summed E-state index contributed by atoms with van der Waals surface area (Å²) in [6.45, 7) is 3.74. The first kappa shape index (κ1) is 14.5. The highest BCUT2D eigenvalue weighted by Crippen LogP contribution is 2.35. The van der Waals surface area contributed by atoms with E-state index in [1.165, 1.54) is 0 Å². The van der Waals surface area contributed by atoms with Crippen LogP contribution in [-0.2, 0) is 9.93 Å². The second-order valence-electron chi connectivity index (χ2n) is 6.49. The Balaban J connectivity index is 2.01. The molecule has 0 spiro atoms. The minimum atomic E-state index is -2.40. The van der Waals surface area contributed by atoms with Crippen molar-refractivity contribution in [1.29, 1.82) is 0 Å². The maximum atomic E-state index is 13.1. The number of ketones is 1. The highest BCUT2D eigenvalue weighted by Gasteiger charge is 2.43. The van der Waals surface area contributed by atoms with Gasteiger partial charge in [-0.15, -0.1) is 0 Å². The zero-order chi connectivity index (χ0) is 15.1. The molecule has 0 bridgehead atoms.